The first-order valence-electron chi connectivity index (χ1n) is 11.6. The van der Waals surface area contributed by atoms with Gasteiger partial charge in [-0.3, -0.25) is 9.59 Å². The molecule has 3 aliphatic rings. The Hall–Kier alpha value is -0.900. The number of Topliss-reactive ketones (excluding diaryl/α,β-unsaturated/α-hetero) is 1. The number of carbonyl (C=O) groups excluding carboxylic acids is 1. The minimum Gasteiger partial charge on any atom is -0.481 e. The smallest absolute Gasteiger partial charge is 0.303 e. The predicted molar refractivity (Wildman–Crippen MR) is 110 cm³/mol. The molecule has 4 nitrogen and oxygen atoms in total. The number of aliphatic hydroxyl groups is 1. The normalized spacial score (nSPS) is 41.8. The first-order valence-corrected chi connectivity index (χ1v) is 11.6. The highest BCUT2D eigenvalue weighted by atomic mass is 16.4. The summed E-state index contributed by atoms with van der Waals surface area (Å²) in [6, 6.07) is 0. The molecule has 0 aromatic heterocycles. The quantitative estimate of drug-likeness (QED) is 0.634. The minimum absolute atomic E-state index is 0.215. The van der Waals surface area contributed by atoms with E-state index in [4.69, 9.17) is 5.11 Å². The van der Waals surface area contributed by atoms with Crippen LogP contribution in [0.15, 0.2) is 0 Å². The summed E-state index contributed by atoms with van der Waals surface area (Å²) in [6.45, 7) is 6.90. The molecule has 160 valence electrons. The fraction of sp³-hybridized carbons (Fsp3) is 0.917. The zero-order chi connectivity index (χ0) is 20.5. The van der Waals surface area contributed by atoms with Crippen molar-refractivity contribution in [2.45, 2.75) is 97.5 Å². The number of carbonyl (C=O) groups is 2. The van der Waals surface area contributed by atoms with Gasteiger partial charge in [-0.15, -0.1) is 0 Å². The molecular formula is C24H40O4. The predicted octanol–water partition coefficient (Wildman–Crippen LogP) is 5.08. The molecule has 8 atom stereocenters. The summed E-state index contributed by atoms with van der Waals surface area (Å²) in [5, 5.41) is 19.0. The number of fused-ring (bicyclic) bond motifs is 3. The van der Waals surface area contributed by atoms with Crippen molar-refractivity contribution < 1.29 is 19.8 Å². The number of aliphatic carboxylic acids is 1. The number of aliphatic hydroxyl groups excluding tert-OH is 1. The number of rotatable bonds is 7. The van der Waals surface area contributed by atoms with E-state index in [-0.39, 0.29) is 23.9 Å². The summed E-state index contributed by atoms with van der Waals surface area (Å²) in [5.41, 5.74) is 0.227. The van der Waals surface area contributed by atoms with Crippen LogP contribution in [-0.2, 0) is 9.59 Å². The fourth-order valence-electron chi connectivity index (χ4n) is 6.95. The molecule has 28 heavy (non-hydrogen) atoms. The summed E-state index contributed by atoms with van der Waals surface area (Å²) in [7, 11) is 0. The first kappa shape index (κ1) is 21.8. The van der Waals surface area contributed by atoms with Gasteiger partial charge in [0.2, 0.25) is 0 Å². The molecule has 0 bridgehead atoms. The van der Waals surface area contributed by atoms with Gasteiger partial charge >= 0.3 is 5.97 Å². The summed E-state index contributed by atoms with van der Waals surface area (Å²) in [6.07, 6.45) is 9.91. The molecular weight excluding hydrogens is 352 g/mol. The molecule has 3 saturated carbocycles. The van der Waals surface area contributed by atoms with Gasteiger partial charge < -0.3 is 10.2 Å². The van der Waals surface area contributed by atoms with Crippen LogP contribution in [0, 0.1) is 40.9 Å². The zero-order valence-corrected chi connectivity index (χ0v) is 18.0. The largest absolute Gasteiger partial charge is 0.481 e. The highest BCUT2D eigenvalue weighted by Gasteiger charge is 2.56. The van der Waals surface area contributed by atoms with Crippen molar-refractivity contribution in [1.82, 2.24) is 0 Å². The Morgan fingerprint density at radius 3 is 2.71 bits per heavy atom. The number of carboxylic acids is 1. The lowest BCUT2D eigenvalue weighted by atomic mass is 9.46. The summed E-state index contributed by atoms with van der Waals surface area (Å²) in [5.74, 6) is 2.38. The van der Waals surface area contributed by atoms with Crippen molar-refractivity contribution in [2.75, 3.05) is 0 Å². The van der Waals surface area contributed by atoms with Crippen LogP contribution in [0.4, 0.5) is 0 Å². The van der Waals surface area contributed by atoms with Crippen LogP contribution < -0.4 is 0 Å². The molecule has 4 heteroatoms. The highest BCUT2D eigenvalue weighted by Crippen LogP contribution is 2.60. The molecule has 3 aliphatic carbocycles. The van der Waals surface area contributed by atoms with Gasteiger partial charge in [0.25, 0.3) is 0 Å². The molecule has 4 unspecified atom stereocenters. The maximum atomic E-state index is 13.2. The van der Waals surface area contributed by atoms with Gasteiger partial charge in [-0.1, -0.05) is 40.0 Å². The van der Waals surface area contributed by atoms with Crippen molar-refractivity contribution >= 4 is 11.8 Å². The maximum Gasteiger partial charge on any atom is 0.303 e. The molecule has 3 fully saturated rings. The third-order valence-electron chi connectivity index (χ3n) is 8.82. The molecule has 0 aromatic rings. The molecule has 0 heterocycles. The van der Waals surface area contributed by atoms with Gasteiger partial charge in [0.1, 0.15) is 5.78 Å². The summed E-state index contributed by atoms with van der Waals surface area (Å²) < 4.78 is 0. The summed E-state index contributed by atoms with van der Waals surface area (Å²) in [4.78, 5) is 24.0. The Kier molecular flexibility index (Phi) is 6.89. The standard InChI is InChI=1S/C24H40O4/c1-15(7-10-22(27)28)5-4-6-19-16(2)8-9-20-23(19)21(26)14-17-13-18(25)11-12-24(17,20)3/h15-20,23,25H,4-14H2,1-3H3,(H,27,28)/t15-,16+,17?,18+,19?,20?,23?,24-/m0/s1. The van der Waals surface area contributed by atoms with Crippen molar-refractivity contribution in [3.05, 3.63) is 0 Å². The SMILES string of the molecule is C[C@@H](CCCC1C2C(=O)CC3C[C@H](O)CC[C@]3(C)C2CC[C@H]1C)CCC(=O)O. The lowest BCUT2D eigenvalue weighted by Crippen LogP contribution is -2.55. The third kappa shape index (κ3) is 4.47. The number of ketones is 1. The maximum absolute atomic E-state index is 13.2. The topological polar surface area (TPSA) is 74.6 Å². The number of hydrogen-bond donors (Lipinski definition) is 2. The van der Waals surface area contributed by atoms with Gasteiger partial charge in [-0.25, -0.2) is 0 Å². The molecule has 2 N–H and O–H groups in total. The van der Waals surface area contributed by atoms with Gasteiger partial charge in [-0.05, 0) is 73.5 Å². The molecule has 3 rings (SSSR count). The average molecular weight is 393 g/mol. The van der Waals surface area contributed by atoms with E-state index in [1.165, 1.54) is 12.8 Å². The lowest BCUT2D eigenvalue weighted by molar-refractivity contribution is -0.154. The zero-order valence-electron chi connectivity index (χ0n) is 18.0. The monoisotopic (exact) mass is 392 g/mol. The third-order valence-corrected chi connectivity index (χ3v) is 8.82. The van der Waals surface area contributed by atoms with E-state index in [9.17, 15) is 14.7 Å². The van der Waals surface area contributed by atoms with Crippen LogP contribution in [0.3, 0.4) is 0 Å². The number of carboxylic acid groups (broad SMARTS) is 1. The minimum atomic E-state index is -0.705. The number of hydrogen-bond acceptors (Lipinski definition) is 3. The fourth-order valence-corrected chi connectivity index (χ4v) is 6.95. The highest BCUT2D eigenvalue weighted by molar-refractivity contribution is 5.83. The lowest BCUT2D eigenvalue weighted by Gasteiger charge is -2.58. The second-order valence-corrected chi connectivity index (χ2v) is 10.6. The Bertz CT molecular complexity index is 573. The van der Waals surface area contributed by atoms with Crippen LogP contribution in [0.5, 0.6) is 0 Å². The second kappa shape index (κ2) is 8.85. The van der Waals surface area contributed by atoms with E-state index in [1.54, 1.807) is 0 Å². The van der Waals surface area contributed by atoms with Crippen LogP contribution in [-0.4, -0.2) is 28.1 Å². The Morgan fingerprint density at radius 1 is 1.25 bits per heavy atom. The van der Waals surface area contributed by atoms with E-state index < -0.39 is 5.97 Å². The Morgan fingerprint density at radius 2 is 2.00 bits per heavy atom. The van der Waals surface area contributed by atoms with Crippen molar-refractivity contribution in [3.8, 4) is 0 Å². The van der Waals surface area contributed by atoms with Gasteiger partial charge in [0.15, 0.2) is 0 Å². The molecule has 0 spiro atoms. The molecule has 0 aliphatic heterocycles. The van der Waals surface area contributed by atoms with Gasteiger partial charge in [-0.2, -0.15) is 0 Å². The van der Waals surface area contributed by atoms with E-state index in [2.05, 4.69) is 20.8 Å². The van der Waals surface area contributed by atoms with Crippen LogP contribution in [0.25, 0.3) is 0 Å². The van der Waals surface area contributed by atoms with Crippen molar-refractivity contribution in [1.29, 1.82) is 0 Å². The molecule has 0 amide bonds. The molecule has 0 aromatic carbocycles. The summed E-state index contributed by atoms with van der Waals surface area (Å²) >= 11 is 0. The van der Waals surface area contributed by atoms with Gasteiger partial charge in [0, 0.05) is 18.8 Å². The Balaban J connectivity index is 1.64. The van der Waals surface area contributed by atoms with Crippen LogP contribution in [0.1, 0.15) is 91.4 Å². The van der Waals surface area contributed by atoms with E-state index >= 15 is 0 Å². The van der Waals surface area contributed by atoms with E-state index in [0.717, 1.165) is 44.9 Å². The average Bonchev–Trinajstić information content (AvgIpc) is 2.63. The Labute approximate surface area is 170 Å². The van der Waals surface area contributed by atoms with E-state index in [1.807, 2.05) is 0 Å². The first-order chi connectivity index (χ1) is 13.2. The van der Waals surface area contributed by atoms with Crippen LogP contribution in [0.2, 0.25) is 0 Å². The van der Waals surface area contributed by atoms with Crippen molar-refractivity contribution in [3.63, 3.8) is 0 Å². The van der Waals surface area contributed by atoms with Crippen LogP contribution >= 0.6 is 0 Å². The van der Waals surface area contributed by atoms with E-state index in [0.29, 0.717) is 41.8 Å². The molecule has 0 saturated heterocycles. The molecule has 0 radical (unpaired) electrons. The second-order valence-electron chi connectivity index (χ2n) is 10.6. The van der Waals surface area contributed by atoms with Crippen molar-refractivity contribution in [2.24, 2.45) is 40.9 Å². The van der Waals surface area contributed by atoms with Gasteiger partial charge in [0.05, 0.1) is 6.10 Å².